The van der Waals surface area contributed by atoms with Crippen molar-refractivity contribution < 1.29 is 14.3 Å². The molecule has 0 spiro atoms. The SMILES string of the molecule is COC(=O)c1ccccc1NC(=O)/C(C#N)=C\NCc1cccc(Br)c1. The number of ether oxygens (including phenoxy) is 1. The number of nitrogens with zero attached hydrogens (tertiary/aromatic N) is 1. The van der Waals surface area contributed by atoms with Gasteiger partial charge in [0.25, 0.3) is 5.91 Å². The molecule has 0 saturated heterocycles. The van der Waals surface area contributed by atoms with Crippen molar-refractivity contribution in [1.29, 1.82) is 5.26 Å². The molecule has 0 heterocycles. The Bertz CT molecular complexity index is 888. The van der Waals surface area contributed by atoms with Crippen molar-refractivity contribution in [2.75, 3.05) is 12.4 Å². The van der Waals surface area contributed by atoms with E-state index in [1.807, 2.05) is 30.3 Å². The highest BCUT2D eigenvalue weighted by Gasteiger charge is 2.15. The number of carbonyl (C=O) groups excluding carboxylic acids is 2. The fraction of sp³-hybridized carbons (Fsp3) is 0.105. The number of halogens is 1. The molecule has 6 nitrogen and oxygen atoms in total. The van der Waals surface area contributed by atoms with Gasteiger partial charge in [-0.15, -0.1) is 0 Å². The molecule has 2 aromatic carbocycles. The summed E-state index contributed by atoms with van der Waals surface area (Å²) in [6.07, 6.45) is 1.34. The van der Waals surface area contributed by atoms with E-state index >= 15 is 0 Å². The molecule has 2 aromatic rings. The van der Waals surface area contributed by atoms with Crippen LogP contribution in [-0.4, -0.2) is 19.0 Å². The summed E-state index contributed by atoms with van der Waals surface area (Å²) in [5.74, 6) is -1.19. The minimum absolute atomic E-state index is 0.111. The van der Waals surface area contributed by atoms with Gasteiger partial charge >= 0.3 is 5.97 Å². The van der Waals surface area contributed by atoms with Gasteiger partial charge in [-0.3, -0.25) is 4.79 Å². The monoisotopic (exact) mass is 413 g/mol. The van der Waals surface area contributed by atoms with E-state index in [4.69, 9.17) is 0 Å². The van der Waals surface area contributed by atoms with E-state index in [0.29, 0.717) is 6.54 Å². The number of anilines is 1. The van der Waals surface area contributed by atoms with Crippen molar-refractivity contribution >= 4 is 33.5 Å². The Hall–Kier alpha value is -3.11. The summed E-state index contributed by atoms with van der Waals surface area (Å²) in [7, 11) is 1.26. The van der Waals surface area contributed by atoms with E-state index in [1.165, 1.54) is 19.4 Å². The lowest BCUT2D eigenvalue weighted by Gasteiger charge is -2.09. The summed E-state index contributed by atoms with van der Waals surface area (Å²) in [5, 5.41) is 14.7. The van der Waals surface area contributed by atoms with Gasteiger partial charge in [0.15, 0.2) is 0 Å². The maximum absolute atomic E-state index is 12.3. The van der Waals surface area contributed by atoms with Crippen LogP contribution >= 0.6 is 15.9 Å². The number of nitriles is 1. The molecule has 0 radical (unpaired) electrons. The highest BCUT2D eigenvalue weighted by atomic mass is 79.9. The van der Waals surface area contributed by atoms with Crippen LogP contribution in [0.25, 0.3) is 0 Å². The molecule has 0 fully saturated rings. The molecule has 0 aliphatic carbocycles. The van der Waals surface area contributed by atoms with Crippen LogP contribution in [-0.2, 0) is 16.1 Å². The quantitative estimate of drug-likeness (QED) is 0.430. The first kappa shape index (κ1) is 19.2. The van der Waals surface area contributed by atoms with Crippen LogP contribution in [0.2, 0.25) is 0 Å². The number of rotatable bonds is 6. The fourth-order valence-corrected chi connectivity index (χ4v) is 2.58. The molecule has 0 aromatic heterocycles. The molecular weight excluding hydrogens is 398 g/mol. The van der Waals surface area contributed by atoms with E-state index < -0.39 is 11.9 Å². The minimum atomic E-state index is -0.620. The number of carbonyl (C=O) groups is 2. The lowest BCUT2D eigenvalue weighted by molar-refractivity contribution is -0.112. The number of esters is 1. The van der Waals surface area contributed by atoms with Gasteiger partial charge in [0.05, 0.1) is 18.4 Å². The molecule has 7 heteroatoms. The molecule has 0 aliphatic rings. The van der Waals surface area contributed by atoms with Crippen molar-refractivity contribution in [3.8, 4) is 6.07 Å². The normalized spacial score (nSPS) is 10.6. The van der Waals surface area contributed by atoms with Gasteiger partial charge in [0.2, 0.25) is 0 Å². The average Bonchev–Trinajstić information content (AvgIpc) is 2.65. The Kier molecular flexibility index (Phi) is 6.94. The third kappa shape index (κ3) is 5.19. The Labute approximate surface area is 159 Å². The van der Waals surface area contributed by atoms with Gasteiger partial charge in [0, 0.05) is 17.2 Å². The smallest absolute Gasteiger partial charge is 0.339 e. The molecule has 0 saturated carbocycles. The maximum atomic E-state index is 12.3. The molecule has 0 atom stereocenters. The van der Waals surface area contributed by atoms with Crippen LogP contribution < -0.4 is 10.6 Å². The fourth-order valence-electron chi connectivity index (χ4n) is 2.14. The Morgan fingerprint density at radius 1 is 1.23 bits per heavy atom. The van der Waals surface area contributed by atoms with Gasteiger partial charge in [-0.1, -0.05) is 40.2 Å². The maximum Gasteiger partial charge on any atom is 0.339 e. The summed E-state index contributed by atoms with van der Waals surface area (Å²) in [6.45, 7) is 0.455. The largest absolute Gasteiger partial charge is 0.465 e. The van der Waals surface area contributed by atoms with Crippen molar-refractivity contribution in [1.82, 2.24) is 5.32 Å². The number of hydrogen-bond donors (Lipinski definition) is 2. The van der Waals surface area contributed by atoms with E-state index in [9.17, 15) is 14.9 Å². The number of methoxy groups -OCH3 is 1. The van der Waals surface area contributed by atoms with Gasteiger partial charge in [-0.25, -0.2) is 4.79 Å². The second-order valence-corrected chi connectivity index (χ2v) is 6.09. The summed E-state index contributed by atoms with van der Waals surface area (Å²) >= 11 is 3.38. The van der Waals surface area contributed by atoms with E-state index in [1.54, 1.807) is 18.2 Å². The Balaban J connectivity index is 2.07. The standard InChI is InChI=1S/C19H16BrN3O3/c1-26-19(25)16-7-2-3-8-17(16)23-18(24)14(10-21)12-22-11-13-5-4-6-15(20)9-13/h2-9,12,22H,11H2,1H3,(H,23,24)/b14-12-. The molecule has 1 amide bonds. The van der Waals surface area contributed by atoms with Crippen molar-refractivity contribution in [3.63, 3.8) is 0 Å². The molecule has 132 valence electrons. The van der Waals surface area contributed by atoms with Crippen LogP contribution in [0.3, 0.4) is 0 Å². The Morgan fingerprint density at radius 3 is 2.69 bits per heavy atom. The van der Waals surface area contributed by atoms with Crippen LogP contribution in [0.5, 0.6) is 0 Å². The summed E-state index contributed by atoms with van der Waals surface area (Å²) in [4.78, 5) is 24.0. The third-order valence-corrected chi connectivity index (χ3v) is 3.88. The number of hydrogen-bond acceptors (Lipinski definition) is 5. The third-order valence-electron chi connectivity index (χ3n) is 3.39. The van der Waals surface area contributed by atoms with Crippen LogP contribution in [0.4, 0.5) is 5.69 Å². The first-order valence-electron chi connectivity index (χ1n) is 7.62. The first-order chi connectivity index (χ1) is 12.5. The minimum Gasteiger partial charge on any atom is -0.465 e. The van der Waals surface area contributed by atoms with E-state index in [-0.39, 0.29) is 16.8 Å². The van der Waals surface area contributed by atoms with Crippen LogP contribution in [0.15, 0.2) is 64.8 Å². The van der Waals surface area contributed by atoms with E-state index in [0.717, 1.165) is 10.0 Å². The van der Waals surface area contributed by atoms with Crippen molar-refractivity contribution in [2.45, 2.75) is 6.54 Å². The predicted octanol–water partition coefficient (Wildman–Crippen LogP) is 3.37. The first-order valence-corrected chi connectivity index (χ1v) is 8.41. The molecule has 2 N–H and O–H groups in total. The molecule has 2 rings (SSSR count). The van der Waals surface area contributed by atoms with Crippen LogP contribution in [0, 0.1) is 11.3 Å². The lowest BCUT2D eigenvalue weighted by atomic mass is 10.1. The molecular formula is C19H16BrN3O3. The number of para-hydroxylation sites is 1. The molecule has 26 heavy (non-hydrogen) atoms. The number of nitrogens with one attached hydrogen (secondary N) is 2. The summed E-state index contributed by atoms with van der Waals surface area (Å²) in [5.41, 5.74) is 1.37. The van der Waals surface area contributed by atoms with Gasteiger partial charge < -0.3 is 15.4 Å². The molecule has 0 unspecified atom stereocenters. The topological polar surface area (TPSA) is 91.2 Å². The highest BCUT2D eigenvalue weighted by molar-refractivity contribution is 9.10. The average molecular weight is 414 g/mol. The molecule has 0 bridgehead atoms. The summed E-state index contributed by atoms with van der Waals surface area (Å²) in [6, 6.07) is 15.9. The Morgan fingerprint density at radius 2 is 2.00 bits per heavy atom. The van der Waals surface area contributed by atoms with E-state index in [2.05, 4.69) is 31.3 Å². The van der Waals surface area contributed by atoms with Crippen molar-refractivity contribution in [2.24, 2.45) is 0 Å². The van der Waals surface area contributed by atoms with Crippen molar-refractivity contribution in [3.05, 3.63) is 75.9 Å². The van der Waals surface area contributed by atoms with Gasteiger partial charge in [-0.2, -0.15) is 5.26 Å². The molecule has 0 aliphatic heterocycles. The van der Waals surface area contributed by atoms with Gasteiger partial charge in [0.1, 0.15) is 11.6 Å². The zero-order valence-electron chi connectivity index (χ0n) is 14.0. The zero-order valence-corrected chi connectivity index (χ0v) is 15.5. The number of benzene rings is 2. The number of amides is 1. The van der Waals surface area contributed by atoms with Gasteiger partial charge in [-0.05, 0) is 29.8 Å². The highest BCUT2D eigenvalue weighted by Crippen LogP contribution is 2.17. The second kappa shape index (κ2) is 9.39. The predicted molar refractivity (Wildman–Crippen MR) is 101 cm³/mol. The second-order valence-electron chi connectivity index (χ2n) is 5.17. The zero-order chi connectivity index (χ0) is 18.9. The summed E-state index contributed by atoms with van der Waals surface area (Å²) < 4.78 is 5.63. The lowest BCUT2D eigenvalue weighted by Crippen LogP contribution is -2.18. The van der Waals surface area contributed by atoms with Crippen LogP contribution in [0.1, 0.15) is 15.9 Å².